The third-order valence-electron chi connectivity index (χ3n) is 5.73. The highest BCUT2D eigenvalue weighted by Gasteiger charge is 2.19. The molecule has 2 N–H and O–H groups in total. The van der Waals surface area contributed by atoms with Gasteiger partial charge in [0.15, 0.2) is 11.5 Å². The van der Waals surface area contributed by atoms with Gasteiger partial charge in [0.2, 0.25) is 0 Å². The number of methoxy groups -OCH3 is 2. The average molecular weight is 420 g/mol. The number of ether oxygens (including phenoxy) is 2. The average Bonchev–Trinajstić information content (AvgIpc) is 2.81. The molecule has 4 heteroatoms. The summed E-state index contributed by atoms with van der Waals surface area (Å²) >= 11 is 0. The van der Waals surface area contributed by atoms with Crippen molar-refractivity contribution in [1.29, 1.82) is 0 Å². The van der Waals surface area contributed by atoms with Gasteiger partial charge in [0.25, 0.3) is 0 Å². The monoisotopic (exact) mass is 419 g/mol. The van der Waals surface area contributed by atoms with Crippen LogP contribution in [0.25, 0.3) is 0 Å². The third-order valence-corrected chi connectivity index (χ3v) is 5.73. The van der Waals surface area contributed by atoms with Crippen molar-refractivity contribution < 1.29 is 14.6 Å². The van der Waals surface area contributed by atoms with E-state index in [9.17, 15) is 5.11 Å². The Bertz CT molecular complexity index is 873. The number of aliphatic hydroxyl groups excluding tert-OH is 1. The van der Waals surface area contributed by atoms with Gasteiger partial charge in [0, 0.05) is 12.0 Å². The molecule has 4 nitrogen and oxygen atoms in total. The molecule has 0 spiro atoms. The van der Waals surface area contributed by atoms with Crippen LogP contribution in [0.4, 0.5) is 0 Å². The van der Waals surface area contributed by atoms with Gasteiger partial charge in [0.1, 0.15) is 0 Å². The first-order chi connectivity index (χ1) is 15.1. The maximum atomic E-state index is 10.4. The Kier molecular flexibility index (Phi) is 8.51. The van der Waals surface area contributed by atoms with Gasteiger partial charge in [-0.05, 0) is 55.1 Å². The smallest absolute Gasteiger partial charge is 0.160 e. The van der Waals surface area contributed by atoms with Crippen molar-refractivity contribution in [3.8, 4) is 11.5 Å². The van der Waals surface area contributed by atoms with Crippen LogP contribution in [0.15, 0.2) is 78.9 Å². The van der Waals surface area contributed by atoms with Crippen LogP contribution in [0.2, 0.25) is 0 Å². The molecular weight excluding hydrogens is 386 g/mol. The second-order valence-electron chi connectivity index (χ2n) is 7.86. The summed E-state index contributed by atoms with van der Waals surface area (Å²) in [5, 5.41) is 14.0. The Labute approximate surface area is 185 Å². The van der Waals surface area contributed by atoms with Gasteiger partial charge in [-0.1, -0.05) is 66.7 Å². The van der Waals surface area contributed by atoms with Crippen LogP contribution in [-0.4, -0.2) is 38.0 Å². The van der Waals surface area contributed by atoms with Gasteiger partial charge in [-0.2, -0.15) is 0 Å². The maximum absolute atomic E-state index is 10.4. The molecule has 0 aromatic heterocycles. The van der Waals surface area contributed by atoms with E-state index in [0.717, 1.165) is 18.5 Å². The van der Waals surface area contributed by atoms with Crippen LogP contribution in [0.5, 0.6) is 11.5 Å². The minimum Gasteiger partial charge on any atom is -0.493 e. The molecule has 0 radical (unpaired) electrons. The zero-order valence-electron chi connectivity index (χ0n) is 18.6. The van der Waals surface area contributed by atoms with Crippen molar-refractivity contribution in [1.82, 2.24) is 5.32 Å². The maximum Gasteiger partial charge on any atom is 0.160 e. The molecule has 3 aromatic rings. The lowest BCUT2D eigenvalue weighted by molar-refractivity contribution is 0.144. The third kappa shape index (κ3) is 6.33. The second kappa shape index (κ2) is 11.5. The molecule has 2 atom stereocenters. The number of hydrogen-bond acceptors (Lipinski definition) is 4. The first-order valence-corrected chi connectivity index (χ1v) is 10.8. The lowest BCUT2D eigenvalue weighted by Crippen LogP contribution is -2.41. The fourth-order valence-corrected chi connectivity index (χ4v) is 3.98. The minimum absolute atomic E-state index is 0.0507. The molecule has 0 saturated carbocycles. The van der Waals surface area contributed by atoms with Gasteiger partial charge in [-0.25, -0.2) is 0 Å². The molecular formula is C27H33NO3. The number of nitrogens with one attached hydrogen (secondary N) is 1. The first kappa shape index (κ1) is 22.9. The molecule has 0 fully saturated rings. The lowest BCUT2D eigenvalue weighted by atomic mass is 9.88. The van der Waals surface area contributed by atoms with Crippen molar-refractivity contribution in [3.05, 3.63) is 95.6 Å². The van der Waals surface area contributed by atoms with Gasteiger partial charge < -0.3 is 19.9 Å². The van der Waals surface area contributed by atoms with E-state index in [-0.39, 0.29) is 6.04 Å². The zero-order valence-corrected chi connectivity index (χ0v) is 18.6. The zero-order chi connectivity index (χ0) is 22.1. The highest BCUT2D eigenvalue weighted by molar-refractivity contribution is 5.43. The molecule has 0 aliphatic carbocycles. The minimum atomic E-state index is -0.472. The normalized spacial score (nSPS) is 13.1. The van der Waals surface area contributed by atoms with Crippen LogP contribution in [0.3, 0.4) is 0 Å². The number of aliphatic hydroxyl groups is 1. The van der Waals surface area contributed by atoms with E-state index in [4.69, 9.17) is 9.47 Å². The van der Waals surface area contributed by atoms with Crippen molar-refractivity contribution in [3.63, 3.8) is 0 Å². The summed E-state index contributed by atoms with van der Waals surface area (Å²) in [5.74, 6) is 1.73. The van der Waals surface area contributed by atoms with Crippen molar-refractivity contribution in [2.24, 2.45) is 0 Å². The number of rotatable bonds is 11. The summed E-state index contributed by atoms with van der Waals surface area (Å²) < 4.78 is 10.8. The number of hydrogen-bond donors (Lipinski definition) is 2. The molecule has 0 aliphatic heterocycles. The Morgan fingerprint density at radius 2 is 1.39 bits per heavy atom. The molecule has 0 heterocycles. The van der Waals surface area contributed by atoms with E-state index >= 15 is 0 Å². The van der Waals surface area contributed by atoms with Crippen LogP contribution >= 0.6 is 0 Å². The predicted octanol–water partition coefficient (Wildman–Crippen LogP) is 4.81. The van der Waals surface area contributed by atoms with Crippen LogP contribution in [0.1, 0.15) is 36.0 Å². The summed E-state index contributed by atoms with van der Waals surface area (Å²) in [4.78, 5) is 0. The van der Waals surface area contributed by atoms with E-state index in [1.165, 1.54) is 11.1 Å². The summed E-state index contributed by atoms with van der Waals surface area (Å²) in [6.07, 6.45) is 1.18. The Morgan fingerprint density at radius 1 is 0.806 bits per heavy atom. The van der Waals surface area contributed by atoms with Gasteiger partial charge in [0.05, 0.1) is 20.3 Å². The molecule has 164 valence electrons. The highest BCUT2D eigenvalue weighted by atomic mass is 16.5. The largest absolute Gasteiger partial charge is 0.493 e. The summed E-state index contributed by atoms with van der Waals surface area (Å²) in [7, 11) is 3.27. The Balaban J connectivity index is 1.68. The molecule has 31 heavy (non-hydrogen) atoms. The fourth-order valence-electron chi connectivity index (χ4n) is 3.98. The summed E-state index contributed by atoms with van der Waals surface area (Å²) in [6, 6.07) is 27.1. The van der Waals surface area contributed by atoms with Crippen LogP contribution in [-0.2, 0) is 6.42 Å². The molecule has 2 unspecified atom stereocenters. The second-order valence-corrected chi connectivity index (χ2v) is 7.86. The Hall–Kier alpha value is -2.82. The van der Waals surface area contributed by atoms with Gasteiger partial charge in [-0.3, -0.25) is 0 Å². The molecule has 0 aliphatic rings. The molecule has 3 aromatic carbocycles. The summed E-state index contributed by atoms with van der Waals surface area (Å²) in [5.41, 5.74) is 3.71. The molecule has 3 rings (SSSR count). The van der Waals surface area contributed by atoms with Crippen LogP contribution < -0.4 is 14.8 Å². The molecule has 0 bridgehead atoms. The van der Waals surface area contributed by atoms with Crippen molar-refractivity contribution in [2.75, 3.05) is 20.8 Å². The standard InChI is InChI=1S/C27H33NO3/c1-20(29)25(18-21-14-15-26(30-2)27(19-21)31-3)28-17-16-24(22-10-6-4-7-11-22)23-12-8-5-9-13-23/h4-15,19-20,24-25,28-29H,16-18H2,1-3H3. The molecule has 0 amide bonds. The Morgan fingerprint density at radius 3 is 1.90 bits per heavy atom. The predicted molar refractivity (Wildman–Crippen MR) is 126 cm³/mol. The topological polar surface area (TPSA) is 50.7 Å². The first-order valence-electron chi connectivity index (χ1n) is 10.8. The SMILES string of the molecule is COc1ccc(CC(NCCC(c2ccccc2)c2ccccc2)C(C)O)cc1OC. The van der Waals surface area contributed by atoms with Crippen LogP contribution in [0, 0.1) is 0 Å². The van der Waals surface area contributed by atoms with E-state index < -0.39 is 6.10 Å². The quantitative estimate of drug-likeness (QED) is 0.468. The van der Waals surface area contributed by atoms with Gasteiger partial charge in [-0.15, -0.1) is 0 Å². The van der Waals surface area contributed by atoms with Crippen molar-refractivity contribution >= 4 is 0 Å². The van der Waals surface area contributed by atoms with E-state index in [0.29, 0.717) is 23.8 Å². The summed E-state index contributed by atoms with van der Waals surface area (Å²) in [6.45, 7) is 2.64. The van der Waals surface area contributed by atoms with E-state index in [2.05, 4.69) is 66.0 Å². The fraction of sp³-hybridized carbons (Fsp3) is 0.333. The molecule has 0 saturated heterocycles. The van der Waals surface area contributed by atoms with E-state index in [1.807, 2.05) is 25.1 Å². The lowest BCUT2D eigenvalue weighted by Gasteiger charge is -2.24. The van der Waals surface area contributed by atoms with E-state index in [1.54, 1.807) is 14.2 Å². The van der Waals surface area contributed by atoms with Gasteiger partial charge >= 0.3 is 0 Å². The number of benzene rings is 3. The van der Waals surface area contributed by atoms with Crippen molar-refractivity contribution in [2.45, 2.75) is 37.8 Å². The highest BCUT2D eigenvalue weighted by Crippen LogP contribution is 2.29.